The van der Waals surface area contributed by atoms with Gasteiger partial charge in [-0.15, -0.1) is 0 Å². The Kier molecular flexibility index (Phi) is 9.29. The zero-order valence-corrected chi connectivity index (χ0v) is 27.1. The molecule has 250 valence electrons. The number of hydrogen-bond donors (Lipinski definition) is 2. The Morgan fingerprint density at radius 3 is 2.24 bits per heavy atom. The monoisotopic (exact) mass is 679 g/mol. The fourth-order valence-corrected chi connectivity index (χ4v) is 8.65. The Balaban J connectivity index is 1.07. The van der Waals surface area contributed by atoms with Crippen LogP contribution in [0.25, 0.3) is 0 Å². The van der Waals surface area contributed by atoms with Crippen molar-refractivity contribution in [1.82, 2.24) is 14.2 Å². The third kappa shape index (κ3) is 6.46. The molecule has 0 unspecified atom stereocenters. The van der Waals surface area contributed by atoms with Gasteiger partial charge in [0.2, 0.25) is 21.8 Å². The topological polar surface area (TPSA) is 146 Å². The van der Waals surface area contributed by atoms with Crippen molar-refractivity contribution >= 4 is 44.9 Å². The van der Waals surface area contributed by atoms with Crippen LogP contribution in [0.3, 0.4) is 0 Å². The number of halogens is 3. The summed E-state index contributed by atoms with van der Waals surface area (Å²) in [5.41, 5.74) is 11.9. The number of nitrogens with zero attached hydrogens (tertiary/aromatic N) is 5. The van der Waals surface area contributed by atoms with E-state index in [-0.39, 0.29) is 90.6 Å². The summed E-state index contributed by atoms with van der Waals surface area (Å²) in [6.45, 7) is 2.96. The van der Waals surface area contributed by atoms with Gasteiger partial charge in [-0.05, 0) is 68.6 Å². The van der Waals surface area contributed by atoms with Crippen LogP contribution in [0.1, 0.15) is 37.7 Å². The second-order valence-electron chi connectivity index (χ2n) is 12.9. The van der Waals surface area contributed by atoms with E-state index in [1.54, 1.807) is 26.8 Å². The highest BCUT2D eigenvalue weighted by atomic mass is 35.5. The fourth-order valence-electron chi connectivity index (χ4n) is 7.02. The SMILES string of the molecule is NCC1CN(C(=O)[C@H]2CC[C@H](C(F)(F)c3cc(Cl)nc(N4CCN(S(=O)(=O)c5ccc(N6C[C@H](N)CC6=O)cc5)CC4)c3)CC2)C1. The molecule has 11 nitrogen and oxygen atoms in total. The standard InChI is InChI=1S/C31H40ClF2N7O4S/c32-27-13-23(31(33,34)22-3-1-21(2-4-22)30(43)39-17-20(16-35)18-39)14-28(37-27)38-9-11-40(12-10-38)46(44,45)26-7-5-25(6-8-26)41-19-24(36)15-29(41)42/h5-8,13-14,20-22,24H,1-4,9-12,15-19,35-36H2/t21-,22-,24-/m1/s1. The highest BCUT2D eigenvalue weighted by Crippen LogP contribution is 2.46. The molecule has 0 radical (unpaired) electrons. The van der Waals surface area contributed by atoms with Crippen LogP contribution in [0.4, 0.5) is 20.3 Å². The number of rotatable bonds is 8. The van der Waals surface area contributed by atoms with E-state index >= 15 is 8.78 Å². The van der Waals surface area contributed by atoms with Crippen LogP contribution < -0.4 is 21.3 Å². The first-order valence-electron chi connectivity index (χ1n) is 15.8. The van der Waals surface area contributed by atoms with Crippen molar-refractivity contribution in [1.29, 1.82) is 0 Å². The number of aromatic nitrogens is 1. The average Bonchev–Trinajstić information content (AvgIpc) is 3.37. The van der Waals surface area contributed by atoms with Gasteiger partial charge in [0.15, 0.2) is 0 Å². The van der Waals surface area contributed by atoms with Crippen molar-refractivity contribution in [2.24, 2.45) is 29.2 Å². The Morgan fingerprint density at radius 2 is 1.65 bits per heavy atom. The van der Waals surface area contributed by atoms with Crippen molar-refractivity contribution in [3.8, 4) is 0 Å². The van der Waals surface area contributed by atoms with Crippen LogP contribution >= 0.6 is 11.6 Å². The van der Waals surface area contributed by atoms with E-state index in [1.807, 2.05) is 0 Å². The predicted molar refractivity (Wildman–Crippen MR) is 170 cm³/mol. The van der Waals surface area contributed by atoms with Gasteiger partial charge in [-0.2, -0.15) is 4.31 Å². The fraction of sp³-hybridized carbons (Fsp3) is 0.581. The van der Waals surface area contributed by atoms with Gasteiger partial charge in [0.1, 0.15) is 11.0 Å². The molecule has 4 fully saturated rings. The van der Waals surface area contributed by atoms with Crippen molar-refractivity contribution in [3.63, 3.8) is 0 Å². The molecule has 0 bridgehead atoms. The quantitative estimate of drug-likeness (QED) is 0.405. The number of piperazine rings is 1. The molecule has 15 heteroatoms. The summed E-state index contributed by atoms with van der Waals surface area (Å²) in [7, 11) is -3.83. The van der Waals surface area contributed by atoms with Gasteiger partial charge < -0.3 is 26.2 Å². The van der Waals surface area contributed by atoms with Crippen LogP contribution in [-0.2, 0) is 25.5 Å². The number of amides is 2. The first-order valence-corrected chi connectivity index (χ1v) is 17.6. The van der Waals surface area contributed by atoms with Gasteiger partial charge in [-0.1, -0.05) is 11.6 Å². The molecule has 4 aliphatic rings. The molecule has 4 N–H and O–H groups in total. The number of anilines is 2. The molecule has 3 aliphatic heterocycles. The molecule has 1 aromatic heterocycles. The number of carbonyl (C=O) groups is 2. The lowest BCUT2D eigenvalue weighted by atomic mass is 9.76. The molecular weight excluding hydrogens is 640 g/mol. The summed E-state index contributed by atoms with van der Waals surface area (Å²) >= 11 is 6.25. The molecular formula is C31H40ClF2N7O4S. The number of sulfonamides is 1. The number of pyridine rings is 1. The highest BCUT2D eigenvalue weighted by Gasteiger charge is 2.45. The summed E-state index contributed by atoms with van der Waals surface area (Å²) < 4.78 is 59.9. The van der Waals surface area contributed by atoms with Crippen LogP contribution in [0.5, 0.6) is 0 Å². The first kappa shape index (κ1) is 33.0. The van der Waals surface area contributed by atoms with Crippen LogP contribution in [0.15, 0.2) is 41.3 Å². The summed E-state index contributed by atoms with van der Waals surface area (Å²) in [4.78, 5) is 34.4. The number of alkyl halides is 2. The molecule has 2 aromatic rings. The molecule has 1 aliphatic carbocycles. The maximum Gasteiger partial charge on any atom is 0.276 e. The molecule has 0 spiro atoms. The zero-order chi connectivity index (χ0) is 32.8. The first-order chi connectivity index (χ1) is 21.9. The lowest BCUT2D eigenvalue weighted by molar-refractivity contribution is -0.145. The third-order valence-corrected chi connectivity index (χ3v) is 12.0. The van der Waals surface area contributed by atoms with Crippen LogP contribution in [0.2, 0.25) is 5.15 Å². The average molecular weight is 680 g/mol. The smallest absolute Gasteiger partial charge is 0.276 e. The normalized spacial score (nSPS) is 25.2. The number of nitrogens with two attached hydrogens (primary N) is 2. The van der Waals surface area contributed by atoms with E-state index in [1.165, 1.54) is 28.6 Å². The van der Waals surface area contributed by atoms with Crippen molar-refractivity contribution in [2.45, 2.75) is 49.0 Å². The summed E-state index contributed by atoms with van der Waals surface area (Å²) in [6, 6.07) is 8.46. The Morgan fingerprint density at radius 1 is 1.00 bits per heavy atom. The minimum atomic E-state index is -3.83. The third-order valence-electron chi connectivity index (χ3n) is 9.86. The van der Waals surface area contributed by atoms with Crippen LogP contribution in [0, 0.1) is 17.8 Å². The summed E-state index contributed by atoms with van der Waals surface area (Å²) in [6.07, 6.45) is 1.54. The van der Waals surface area contributed by atoms with Crippen molar-refractivity contribution < 1.29 is 26.8 Å². The number of hydrogen-bond acceptors (Lipinski definition) is 8. The van der Waals surface area contributed by atoms with Gasteiger partial charge in [0.05, 0.1) is 4.90 Å². The van der Waals surface area contributed by atoms with E-state index in [0.29, 0.717) is 50.6 Å². The predicted octanol–water partition coefficient (Wildman–Crippen LogP) is 2.63. The lowest BCUT2D eigenvalue weighted by Crippen LogP contribution is -2.54. The molecule has 46 heavy (non-hydrogen) atoms. The van der Waals surface area contributed by atoms with Gasteiger partial charge in [0.25, 0.3) is 5.92 Å². The molecule has 6 rings (SSSR count). The molecule has 1 atom stereocenters. The van der Waals surface area contributed by atoms with Crippen molar-refractivity contribution in [3.05, 3.63) is 47.1 Å². The lowest BCUT2D eigenvalue weighted by Gasteiger charge is -2.42. The van der Waals surface area contributed by atoms with E-state index in [4.69, 9.17) is 23.1 Å². The number of benzene rings is 1. The van der Waals surface area contributed by atoms with Crippen LogP contribution in [-0.4, -0.2) is 92.8 Å². The maximum atomic E-state index is 15.9. The highest BCUT2D eigenvalue weighted by molar-refractivity contribution is 7.89. The van der Waals surface area contributed by atoms with Gasteiger partial charge in [-0.25, -0.2) is 22.2 Å². The minimum absolute atomic E-state index is 0.0441. The second kappa shape index (κ2) is 12.9. The summed E-state index contributed by atoms with van der Waals surface area (Å²) in [5, 5.41) is -0.0594. The Hall–Kier alpha value is -2.91. The van der Waals surface area contributed by atoms with E-state index in [0.717, 1.165) is 0 Å². The molecule has 1 aromatic carbocycles. The minimum Gasteiger partial charge on any atom is -0.354 e. The maximum absolute atomic E-state index is 15.9. The molecule has 1 saturated carbocycles. The number of carbonyl (C=O) groups excluding carboxylic acids is 2. The van der Waals surface area contributed by atoms with Gasteiger partial charge in [0, 0.05) is 87.3 Å². The Labute approximate surface area is 272 Å². The molecule has 2 amide bonds. The van der Waals surface area contributed by atoms with Crippen molar-refractivity contribution in [2.75, 3.05) is 62.2 Å². The van der Waals surface area contributed by atoms with E-state index in [2.05, 4.69) is 4.98 Å². The van der Waals surface area contributed by atoms with E-state index < -0.39 is 21.9 Å². The van der Waals surface area contributed by atoms with Gasteiger partial charge >= 0.3 is 0 Å². The van der Waals surface area contributed by atoms with Gasteiger partial charge in [-0.3, -0.25) is 9.59 Å². The summed E-state index contributed by atoms with van der Waals surface area (Å²) in [5.74, 6) is -3.78. The van der Waals surface area contributed by atoms with E-state index in [9.17, 15) is 18.0 Å². The Bertz CT molecular complexity index is 1560. The second-order valence-corrected chi connectivity index (χ2v) is 15.2. The molecule has 4 heterocycles. The largest absolute Gasteiger partial charge is 0.354 e. The molecule has 3 saturated heterocycles. The number of likely N-dealkylation sites (tertiary alicyclic amines) is 1. The zero-order valence-electron chi connectivity index (χ0n) is 25.5.